The molecule has 3 nitrogen and oxygen atoms in total. The van der Waals surface area contributed by atoms with Crippen LogP contribution >= 0.6 is 0 Å². The quantitative estimate of drug-likeness (QED) is 0.644. The van der Waals surface area contributed by atoms with Crippen LogP contribution in [0.3, 0.4) is 0 Å². The summed E-state index contributed by atoms with van der Waals surface area (Å²) >= 11 is 0. The Morgan fingerprint density at radius 2 is 1.39 bits per heavy atom. The first-order valence-electron chi connectivity index (χ1n) is 9.85. The van der Waals surface area contributed by atoms with Gasteiger partial charge >= 0.3 is 0 Å². The SMILES string of the molecule is O=C(CC(c1ccccc1)c1ccccc1)N1CCOC(c2ccccc2)C1. The van der Waals surface area contributed by atoms with Crippen LogP contribution in [0.25, 0.3) is 0 Å². The van der Waals surface area contributed by atoms with Gasteiger partial charge in [0.15, 0.2) is 0 Å². The molecule has 1 saturated heterocycles. The van der Waals surface area contributed by atoms with Crippen LogP contribution < -0.4 is 0 Å². The number of hydrogen-bond acceptors (Lipinski definition) is 2. The largest absolute Gasteiger partial charge is 0.370 e. The third-order valence-electron chi connectivity index (χ3n) is 5.37. The number of morpholine rings is 1. The summed E-state index contributed by atoms with van der Waals surface area (Å²) in [6.45, 7) is 1.84. The maximum atomic E-state index is 13.2. The van der Waals surface area contributed by atoms with Gasteiger partial charge in [0.1, 0.15) is 6.10 Å². The lowest BCUT2D eigenvalue weighted by Crippen LogP contribution is -2.42. The Hall–Kier alpha value is -2.91. The zero-order valence-corrected chi connectivity index (χ0v) is 15.9. The molecule has 0 aromatic heterocycles. The molecular formula is C25H25NO2. The van der Waals surface area contributed by atoms with E-state index in [-0.39, 0.29) is 17.9 Å². The fourth-order valence-electron chi connectivity index (χ4n) is 3.85. The van der Waals surface area contributed by atoms with Crippen LogP contribution in [0.5, 0.6) is 0 Å². The molecule has 1 aliphatic heterocycles. The first-order chi connectivity index (χ1) is 13.8. The first kappa shape index (κ1) is 18.5. The molecule has 3 heteroatoms. The predicted molar refractivity (Wildman–Crippen MR) is 111 cm³/mol. The third kappa shape index (κ3) is 4.32. The molecule has 4 rings (SSSR count). The van der Waals surface area contributed by atoms with Gasteiger partial charge in [0.2, 0.25) is 5.91 Å². The highest BCUT2D eigenvalue weighted by Gasteiger charge is 2.27. The first-order valence-corrected chi connectivity index (χ1v) is 9.85. The van der Waals surface area contributed by atoms with Gasteiger partial charge in [0.05, 0.1) is 13.2 Å². The number of rotatable bonds is 5. The molecule has 0 radical (unpaired) electrons. The second-order valence-electron chi connectivity index (χ2n) is 7.19. The van der Waals surface area contributed by atoms with E-state index in [4.69, 9.17) is 4.74 Å². The molecule has 0 saturated carbocycles. The lowest BCUT2D eigenvalue weighted by molar-refractivity contribution is -0.139. The van der Waals surface area contributed by atoms with Gasteiger partial charge in [-0.2, -0.15) is 0 Å². The number of amides is 1. The maximum absolute atomic E-state index is 13.2. The molecule has 1 fully saturated rings. The topological polar surface area (TPSA) is 29.5 Å². The Balaban J connectivity index is 1.51. The Morgan fingerprint density at radius 3 is 1.96 bits per heavy atom. The summed E-state index contributed by atoms with van der Waals surface area (Å²) in [7, 11) is 0. The van der Waals surface area contributed by atoms with Gasteiger partial charge < -0.3 is 9.64 Å². The van der Waals surface area contributed by atoms with Crippen molar-refractivity contribution < 1.29 is 9.53 Å². The van der Waals surface area contributed by atoms with Gasteiger partial charge in [-0.3, -0.25) is 4.79 Å². The van der Waals surface area contributed by atoms with Crippen LogP contribution in [-0.2, 0) is 9.53 Å². The van der Waals surface area contributed by atoms with E-state index in [0.717, 1.165) is 5.56 Å². The minimum absolute atomic E-state index is 0.0502. The monoisotopic (exact) mass is 371 g/mol. The van der Waals surface area contributed by atoms with E-state index in [1.165, 1.54) is 11.1 Å². The molecule has 1 atom stereocenters. The molecule has 3 aromatic rings. The average molecular weight is 371 g/mol. The summed E-state index contributed by atoms with van der Waals surface area (Å²) in [6, 6.07) is 30.8. The number of carbonyl (C=O) groups is 1. The van der Waals surface area contributed by atoms with E-state index in [1.807, 2.05) is 59.5 Å². The Kier molecular flexibility index (Phi) is 5.83. The lowest BCUT2D eigenvalue weighted by atomic mass is 9.88. The summed E-state index contributed by atoms with van der Waals surface area (Å²) in [5.41, 5.74) is 3.48. The summed E-state index contributed by atoms with van der Waals surface area (Å²) in [4.78, 5) is 15.2. The molecule has 142 valence electrons. The van der Waals surface area contributed by atoms with Crippen molar-refractivity contribution in [2.45, 2.75) is 18.4 Å². The third-order valence-corrected chi connectivity index (χ3v) is 5.37. The van der Waals surface area contributed by atoms with E-state index in [1.54, 1.807) is 0 Å². The van der Waals surface area contributed by atoms with Crippen molar-refractivity contribution in [2.24, 2.45) is 0 Å². The van der Waals surface area contributed by atoms with E-state index in [9.17, 15) is 4.79 Å². The molecule has 0 N–H and O–H groups in total. The highest BCUT2D eigenvalue weighted by Crippen LogP contribution is 2.30. The molecule has 3 aromatic carbocycles. The van der Waals surface area contributed by atoms with Gasteiger partial charge in [-0.25, -0.2) is 0 Å². The zero-order chi connectivity index (χ0) is 19.2. The normalized spacial score (nSPS) is 16.9. The standard InChI is InChI=1S/C25H25NO2/c27-25(26-16-17-28-24(19-26)22-14-8-3-9-15-22)18-23(20-10-4-1-5-11-20)21-12-6-2-7-13-21/h1-15,23-24H,16-19H2. The van der Waals surface area contributed by atoms with Crippen molar-refractivity contribution in [3.8, 4) is 0 Å². The Bertz CT molecular complexity index is 841. The van der Waals surface area contributed by atoms with Crippen LogP contribution in [0.1, 0.15) is 35.1 Å². The van der Waals surface area contributed by atoms with Crippen LogP contribution in [0.2, 0.25) is 0 Å². The molecule has 1 unspecified atom stereocenters. The van der Waals surface area contributed by atoms with Crippen molar-refractivity contribution in [2.75, 3.05) is 19.7 Å². The lowest BCUT2D eigenvalue weighted by Gasteiger charge is -2.34. The molecular weight excluding hydrogens is 346 g/mol. The number of hydrogen-bond donors (Lipinski definition) is 0. The minimum Gasteiger partial charge on any atom is -0.370 e. The molecule has 1 heterocycles. The van der Waals surface area contributed by atoms with Crippen molar-refractivity contribution >= 4 is 5.91 Å². The average Bonchev–Trinajstić information content (AvgIpc) is 2.79. The van der Waals surface area contributed by atoms with E-state index in [2.05, 4.69) is 36.4 Å². The predicted octanol–water partition coefficient (Wildman–Crippen LogP) is 4.81. The summed E-state index contributed by atoms with van der Waals surface area (Å²) in [5, 5.41) is 0. The van der Waals surface area contributed by atoms with Crippen molar-refractivity contribution in [3.05, 3.63) is 108 Å². The van der Waals surface area contributed by atoms with E-state index < -0.39 is 0 Å². The van der Waals surface area contributed by atoms with Crippen LogP contribution in [0, 0.1) is 0 Å². The van der Waals surface area contributed by atoms with Crippen LogP contribution in [-0.4, -0.2) is 30.5 Å². The number of ether oxygens (including phenoxy) is 1. The zero-order valence-electron chi connectivity index (χ0n) is 15.9. The highest BCUT2D eigenvalue weighted by molar-refractivity contribution is 5.78. The molecule has 0 bridgehead atoms. The van der Waals surface area contributed by atoms with Crippen molar-refractivity contribution in [1.29, 1.82) is 0 Å². The van der Waals surface area contributed by atoms with Gasteiger partial charge in [0.25, 0.3) is 0 Å². The molecule has 1 amide bonds. The van der Waals surface area contributed by atoms with Gasteiger partial charge in [-0.15, -0.1) is 0 Å². The fraction of sp³-hybridized carbons (Fsp3) is 0.240. The number of carbonyl (C=O) groups excluding carboxylic acids is 1. The maximum Gasteiger partial charge on any atom is 0.223 e. The van der Waals surface area contributed by atoms with Crippen molar-refractivity contribution in [3.63, 3.8) is 0 Å². The molecule has 28 heavy (non-hydrogen) atoms. The highest BCUT2D eigenvalue weighted by atomic mass is 16.5. The van der Waals surface area contributed by atoms with Gasteiger partial charge in [0, 0.05) is 18.9 Å². The van der Waals surface area contributed by atoms with Crippen molar-refractivity contribution in [1.82, 2.24) is 4.90 Å². The summed E-state index contributed by atoms with van der Waals surface area (Å²) in [6.07, 6.45) is 0.418. The van der Waals surface area contributed by atoms with E-state index >= 15 is 0 Å². The number of nitrogens with zero attached hydrogens (tertiary/aromatic N) is 1. The fourth-order valence-corrected chi connectivity index (χ4v) is 3.85. The second kappa shape index (κ2) is 8.85. The van der Waals surface area contributed by atoms with Gasteiger partial charge in [-0.1, -0.05) is 91.0 Å². The molecule has 1 aliphatic rings. The minimum atomic E-state index is -0.0502. The van der Waals surface area contributed by atoms with Crippen LogP contribution in [0.4, 0.5) is 0 Å². The molecule has 0 aliphatic carbocycles. The van der Waals surface area contributed by atoms with E-state index in [0.29, 0.717) is 26.1 Å². The van der Waals surface area contributed by atoms with Crippen LogP contribution in [0.15, 0.2) is 91.0 Å². The second-order valence-corrected chi connectivity index (χ2v) is 7.19. The number of benzene rings is 3. The Morgan fingerprint density at radius 1 is 0.857 bits per heavy atom. The summed E-state index contributed by atoms with van der Waals surface area (Å²) in [5.74, 6) is 0.245. The Labute approximate surface area is 166 Å². The smallest absolute Gasteiger partial charge is 0.223 e. The molecule has 0 spiro atoms. The van der Waals surface area contributed by atoms with Gasteiger partial charge in [-0.05, 0) is 16.7 Å². The summed E-state index contributed by atoms with van der Waals surface area (Å²) < 4.78 is 5.92.